The summed E-state index contributed by atoms with van der Waals surface area (Å²) in [5.74, 6) is -10.3. The van der Waals surface area contributed by atoms with E-state index in [1.165, 1.54) is 18.2 Å². The molecule has 0 radical (unpaired) electrons. The van der Waals surface area contributed by atoms with E-state index in [1.54, 1.807) is 0 Å². The van der Waals surface area contributed by atoms with Gasteiger partial charge in [0.1, 0.15) is 17.6 Å². The Hall–Kier alpha value is -3.90. The Morgan fingerprint density at radius 3 is 2.53 bits per heavy atom. The Balaban J connectivity index is 1.47. The fourth-order valence-electron chi connectivity index (χ4n) is 4.21. The van der Waals surface area contributed by atoms with Gasteiger partial charge in [-0.05, 0) is 42.2 Å². The average molecular weight is 543 g/mol. The van der Waals surface area contributed by atoms with Crippen molar-refractivity contribution >= 4 is 23.5 Å². The van der Waals surface area contributed by atoms with Gasteiger partial charge in [-0.3, -0.25) is 24.5 Å². The van der Waals surface area contributed by atoms with Crippen LogP contribution in [0.1, 0.15) is 47.7 Å². The summed E-state index contributed by atoms with van der Waals surface area (Å²) in [6.07, 6.45) is -6.21. The van der Waals surface area contributed by atoms with Gasteiger partial charge in [-0.15, -0.1) is 0 Å². The monoisotopic (exact) mass is 543 g/mol. The SMILES string of the molecule is [2H][C@]1(N2Cc3cc(CCC(=O)C(F)(F)c4ccc(F)cc4OCC(F)(F)F)ccc3C2=O)CCC(=O)NC1=O. The largest absolute Gasteiger partial charge is 0.483 e. The highest BCUT2D eigenvalue weighted by molar-refractivity contribution is 6.05. The lowest BCUT2D eigenvalue weighted by molar-refractivity contribution is -0.155. The molecule has 13 heteroatoms. The number of amides is 3. The van der Waals surface area contributed by atoms with E-state index in [4.69, 9.17) is 1.37 Å². The van der Waals surface area contributed by atoms with Crippen molar-refractivity contribution in [2.75, 3.05) is 6.61 Å². The second-order valence-electron chi connectivity index (χ2n) is 8.75. The summed E-state index contributed by atoms with van der Waals surface area (Å²) in [6, 6.07) is 3.62. The molecule has 1 N–H and O–H groups in total. The number of ketones is 1. The molecule has 1 fully saturated rings. The smallest absolute Gasteiger partial charge is 0.422 e. The number of alkyl halides is 5. The van der Waals surface area contributed by atoms with Gasteiger partial charge < -0.3 is 9.64 Å². The maximum Gasteiger partial charge on any atom is 0.422 e. The van der Waals surface area contributed by atoms with Gasteiger partial charge in [0.25, 0.3) is 5.91 Å². The molecule has 2 aromatic rings. The van der Waals surface area contributed by atoms with Crippen LogP contribution in [0, 0.1) is 5.82 Å². The number of halogens is 6. The van der Waals surface area contributed by atoms with E-state index in [0.29, 0.717) is 29.3 Å². The van der Waals surface area contributed by atoms with E-state index in [0.717, 1.165) is 4.90 Å². The Bertz CT molecular complexity index is 1360. The normalized spacial score (nSPS) is 20.2. The number of imide groups is 1. The predicted molar refractivity (Wildman–Crippen MR) is 118 cm³/mol. The van der Waals surface area contributed by atoms with Gasteiger partial charge in [0.15, 0.2) is 6.61 Å². The molecule has 0 aliphatic carbocycles. The Kier molecular flexibility index (Phi) is 6.84. The number of hydrogen-bond donors (Lipinski definition) is 1. The molecule has 1 saturated heterocycles. The zero-order valence-corrected chi connectivity index (χ0v) is 19.5. The van der Waals surface area contributed by atoms with Crippen LogP contribution in [0.4, 0.5) is 26.3 Å². The maximum absolute atomic E-state index is 14.9. The molecule has 1 atom stereocenters. The first-order valence-electron chi connectivity index (χ1n) is 11.8. The second kappa shape index (κ2) is 10.1. The Labute approximate surface area is 213 Å². The number of ether oxygens (including phenoxy) is 1. The van der Waals surface area contributed by atoms with Crippen molar-refractivity contribution in [1.82, 2.24) is 10.2 Å². The van der Waals surface area contributed by atoms with Crippen molar-refractivity contribution in [3.8, 4) is 5.75 Å². The quantitative estimate of drug-likeness (QED) is 0.404. The molecule has 2 aliphatic rings. The molecule has 0 spiro atoms. The molecule has 0 aromatic heterocycles. The van der Waals surface area contributed by atoms with Gasteiger partial charge in [-0.25, -0.2) is 4.39 Å². The average Bonchev–Trinajstić information content (AvgIpc) is 3.19. The molecule has 3 amide bonds. The lowest BCUT2D eigenvalue weighted by Gasteiger charge is -2.29. The fourth-order valence-corrected chi connectivity index (χ4v) is 4.21. The van der Waals surface area contributed by atoms with Crippen LogP contribution in [0.3, 0.4) is 0 Å². The van der Waals surface area contributed by atoms with Gasteiger partial charge in [-0.2, -0.15) is 22.0 Å². The number of benzene rings is 2. The molecular formula is C25H20F6N2O5. The number of carbonyl (C=O) groups excluding carboxylic acids is 4. The highest BCUT2D eigenvalue weighted by atomic mass is 19.4. The molecule has 2 aliphatic heterocycles. The van der Waals surface area contributed by atoms with E-state index >= 15 is 0 Å². The van der Waals surface area contributed by atoms with Gasteiger partial charge in [0.05, 0.1) is 6.93 Å². The van der Waals surface area contributed by atoms with Gasteiger partial charge >= 0.3 is 12.1 Å². The van der Waals surface area contributed by atoms with Gasteiger partial charge in [0, 0.05) is 31.0 Å². The van der Waals surface area contributed by atoms with E-state index in [-0.39, 0.29) is 31.4 Å². The Morgan fingerprint density at radius 2 is 1.84 bits per heavy atom. The molecule has 2 heterocycles. The van der Waals surface area contributed by atoms with Crippen LogP contribution in [0.2, 0.25) is 0 Å². The highest BCUT2D eigenvalue weighted by Gasteiger charge is 2.43. The summed E-state index contributed by atoms with van der Waals surface area (Å²) in [4.78, 5) is 50.0. The minimum Gasteiger partial charge on any atom is -0.483 e. The van der Waals surface area contributed by atoms with Crippen LogP contribution in [-0.4, -0.2) is 47.2 Å². The van der Waals surface area contributed by atoms with Crippen molar-refractivity contribution in [3.63, 3.8) is 0 Å². The molecule has 38 heavy (non-hydrogen) atoms. The number of nitrogens with one attached hydrogen (secondary N) is 1. The standard InChI is InChI=1S/C25H20F6N2O5/c26-15-3-5-17(19(10-15)38-12-24(27,28)29)25(30,31)20(34)7-2-13-1-4-16-14(9-13)11-33(23(16)37)18-6-8-21(35)32-22(18)36/h1,3-5,9-10,18H,2,6-8,11-12H2,(H,32,35,36)/t18-/m0/s1/i18D. The number of aryl methyl sites for hydroxylation is 1. The van der Waals surface area contributed by atoms with E-state index in [2.05, 4.69) is 4.74 Å². The van der Waals surface area contributed by atoms with Crippen molar-refractivity contribution in [1.29, 1.82) is 0 Å². The summed E-state index contributed by atoms with van der Waals surface area (Å²) in [7, 11) is 0. The second-order valence-corrected chi connectivity index (χ2v) is 8.75. The van der Waals surface area contributed by atoms with E-state index in [9.17, 15) is 45.5 Å². The van der Waals surface area contributed by atoms with Crippen LogP contribution in [0.15, 0.2) is 36.4 Å². The van der Waals surface area contributed by atoms with Crippen molar-refractivity contribution in [2.45, 2.75) is 50.3 Å². The summed E-state index contributed by atoms with van der Waals surface area (Å²) in [5, 5.41) is 2.03. The fraction of sp³-hybridized carbons (Fsp3) is 0.360. The van der Waals surface area contributed by atoms with Crippen LogP contribution >= 0.6 is 0 Å². The first-order valence-corrected chi connectivity index (χ1v) is 11.3. The number of Topliss-reactive ketones (excluding diaryl/α,β-unsaturated/α-hetero) is 1. The number of nitrogens with zero attached hydrogens (tertiary/aromatic N) is 1. The third-order valence-corrected chi connectivity index (χ3v) is 6.07. The van der Waals surface area contributed by atoms with Crippen LogP contribution in [0.5, 0.6) is 5.75 Å². The minimum atomic E-state index is -4.88. The molecule has 0 bridgehead atoms. The summed E-state index contributed by atoms with van der Waals surface area (Å²) in [6.45, 7) is -2.12. The van der Waals surface area contributed by atoms with Gasteiger partial charge in [-0.1, -0.05) is 12.1 Å². The summed E-state index contributed by atoms with van der Waals surface area (Å²) >= 11 is 0. The first kappa shape index (κ1) is 25.7. The first-order chi connectivity index (χ1) is 18.1. The molecule has 4 rings (SSSR count). The number of piperidine rings is 1. The number of fused-ring (bicyclic) bond motifs is 1. The third kappa shape index (κ3) is 5.65. The zero-order chi connectivity index (χ0) is 28.8. The third-order valence-electron chi connectivity index (χ3n) is 6.07. The van der Waals surface area contributed by atoms with Crippen molar-refractivity contribution < 1.29 is 51.6 Å². The summed E-state index contributed by atoms with van der Waals surface area (Å²) < 4.78 is 93.7. The predicted octanol–water partition coefficient (Wildman–Crippen LogP) is 3.82. The zero-order valence-electron chi connectivity index (χ0n) is 20.5. The van der Waals surface area contributed by atoms with E-state index < -0.39 is 71.8 Å². The molecule has 7 nitrogen and oxygen atoms in total. The number of hydrogen-bond acceptors (Lipinski definition) is 5. The minimum absolute atomic E-state index is 0.131. The Morgan fingerprint density at radius 1 is 1.11 bits per heavy atom. The van der Waals surface area contributed by atoms with Crippen molar-refractivity contribution in [2.24, 2.45) is 0 Å². The lowest BCUT2D eigenvalue weighted by atomic mass is 9.97. The molecular weight excluding hydrogens is 522 g/mol. The highest BCUT2D eigenvalue weighted by Crippen LogP contribution is 2.38. The number of rotatable bonds is 8. The topological polar surface area (TPSA) is 92.8 Å². The summed E-state index contributed by atoms with van der Waals surface area (Å²) in [5.41, 5.74) is -0.292. The molecule has 0 saturated carbocycles. The van der Waals surface area contributed by atoms with Crippen LogP contribution in [-0.2, 0) is 33.3 Å². The molecule has 0 unspecified atom stereocenters. The maximum atomic E-state index is 14.9. The van der Waals surface area contributed by atoms with E-state index in [1.807, 2.05) is 5.32 Å². The molecule has 2 aromatic carbocycles. The lowest BCUT2D eigenvalue weighted by Crippen LogP contribution is -2.52. The van der Waals surface area contributed by atoms with Crippen LogP contribution < -0.4 is 10.1 Å². The number of carbonyl (C=O) groups is 4. The molecule has 202 valence electrons. The van der Waals surface area contributed by atoms with Crippen LogP contribution in [0.25, 0.3) is 0 Å². The van der Waals surface area contributed by atoms with Crippen molar-refractivity contribution in [3.05, 3.63) is 64.5 Å². The van der Waals surface area contributed by atoms with Gasteiger partial charge in [0.2, 0.25) is 17.6 Å².